The van der Waals surface area contributed by atoms with E-state index in [1.54, 1.807) is 0 Å². The number of fused-ring (bicyclic) bond motifs is 4. The minimum Gasteiger partial charge on any atom is -0.387 e. The third-order valence-electron chi connectivity index (χ3n) is 8.76. The predicted octanol–water partition coefficient (Wildman–Crippen LogP) is 3.73. The van der Waals surface area contributed by atoms with Crippen molar-refractivity contribution in [3.8, 4) is 0 Å². The molecule has 0 radical (unpaired) electrons. The summed E-state index contributed by atoms with van der Waals surface area (Å²) in [6, 6.07) is 0.732. The second-order valence-corrected chi connectivity index (χ2v) is 14.3. The van der Waals surface area contributed by atoms with Gasteiger partial charge < -0.3 is 43.4 Å². The van der Waals surface area contributed by atoms with Gasteiger partial charge in [-0.25, -0.2) is 4.67 Å². The van der Waals surface area contributed by atoms with E-state index in [-0.39, 0.29) is 36.8 Å². The van der Waals surface area contributed by atoms with E-state index < -0.39 is 31.6 Å². The molecule has 0 bridgehead atoms. The van der Waals surface area contributed by atoms with Crippen molar-refractivity contribution in [2.75, 3.05) is 13.1 Å². The molecule has 5 aliphatic heterocycles. The fraction of sp³-hybridized carbons (Fsp3) is 1.00. The van der Waals surface area contributed by atoms with Crippen LogP contribution in [0, 0.1) is 0 Å². The van der Waals surface area contributed by atoms with Crippen LogP contribution in [0.1, 0.15) is 79.1 Å². The molecule has 38 heavy (non-hydrogen) atoms. The highest BCUT2D eigenvalue weighted by Crippen LogP contribution is 2.57. The van der Waals surface area contributed by atoms with Crippen LogP contribution in [0.25, 0.3) is 0 Å². The van der Waals surface area contributed by atoms with Crippen molar-refractivity contribution >= 4 is 18.9 Å². The van der Waals surface area contributed by atoms with E-state index in [1.807, 2.05) is 0 Å². The molecule has 5 heterocycles. The fourth-order valence-corrected chi connectivity index (χ4v) is 8.92. The fourth-order valence-electron chi connectivity index (χ4n) is 6.71. The van der Waals surface area contributed by atoms with E-state index in [0.717, 1.165) is 57.9 Å². The summed E-state index contributed by atoms with van der Waals surface area (Å²) in [7, 11) is -1.08. The summed E-state index contributed by atoms with van der Waals surface area (Å²) in [4.78, 5) is 0. The molecule has 2 N–H and O–H groups in total. The molecule has 2 saturated carbocycles. The molecule has 2 aliphatic carbocycles. The second kappa shape index (κ2) is 11.2. The zero-order chi connectivity index (χ0) is 26.7. The second-order valence-electron chi connectivity index (χ2n) is 12.3. The van der Waals surface area contributed by atoms with Gasteiger partial charge in [0.15, 0.2) is 24.2 Å². The van der Waals surface area contributed by atoms with Crippen LogP contribution in [0.4, 0.5) is 0 Å². The summed E-state index contributed by atoms with van der Waals surface area (Å²) in [6.45, 7) is 9.82. The number of nitrogens with zero attached hydrogens (tertiary/aromatic N) is 1. The monoisotopic (exact) mass is 578 g/mol. The molecule has 1 unspecified atom stereocenters. The van der Waals surface area contributed by atoms with Gasteiger partial charge >= 0.3 is 0 Å². The zero-order valence-corrected chi connectivity index (χ0v) is 24.6. The van der Waals surface area contributed by atoms with Crippen LogP contribution < -0.4 is 5.32 Å². The molecule has 9 atom stereocenters. The third-order valence-corrected chi connectivity index (χ3v) is 11.0. The molecule has 12 heteroatoms. The summed E-state index contributed by atoms with van der Waals surface area (Å²) >= 11 is 6.40. The molecule has 10 nitrogen and oxygen atoms in total. The Balaban J connectivity index is 0.000000140. The lowest BCUT2D eigenvalue weighted by Crippen LogP contribution is -2.47. The van der Waals surface area contributed by atoms with Crippen LogP contribution in [0.5, 0.6) is 0 Å². The lowest BCUT2D eigenvalue weighted by molar-refractivity contribution is -0.230. The quantitative estimate of drug-likeness (QED) is 0.480. The van der Waals surface area contributed by atoms with Crippen molar-refractivity contribution in [1.29, 1.82) is 0 Å². The minimum absolute atomic E-state index is 0.00338. The summed E-state index contributed by atoms with van der Waals surface area (Å²) in [5, 5.41) is 13.5. The van der Waals surface area contributed by atoms with Gasteiger partial charge in [0.1, 0.15) is 36.6 Å². The molecule has 0 aromatic rings. The highest BCUT2D eigenvalue weighted by molar-refractivity contribution is 7.78. The maximum Gasteiger partial charge on any atom is 0.207 e. The average Bonchev–Trinajstić information content (AvgIpc) is 3.70. The van der Waals surface area contributed by atoms with Gasteiger partial charge in [-0.1, -0.05) is 13.8 Å². The summed E-state index contributed by atoms with van der Waals surface area (Å²) < 4.78 is 44.2. The van der Waals surface area contributed by atoms with Crippen LogP contribution >= 0.6 is 18.9 Å². The van der Waals surface area contributed by atoms with Gasteiger partial charge in [0.05, 0.1) is 0 Å². The number of halogens is 1. The lowest BCUT2D eigenvalue weighted by atomic mass is 10.1. The lowest BCUT2D eigenvalue weighted by Gasteiger charge is -2.40. The van der Waals surface area contributed by atoms with Crippen LogP contribution in [0.2, 0.25) is 0 Å². The minimum atomic E-state index is -1.08. The standard InChI is InChI=1S/C13H21ClNO4P.C13H23NO4/c1-8(2)15-7-9-10(19-20(15)14)11-12(16-9)18-13(17-11)5-3-4-6-13;1-8(2)14-7-9-10(15)11-12(16-9)18-13(17-11)5-3-4-6-13/h8-12H,3-7H2,1-2H3;8-12,14-15H,3-7H2,1-2H3/t9-,10+,11-,12-,20?;9-,10+,11-,12-/m00/s1. The SMILES string of the molecule is CC(C)N1C[C@@H]2O[C@H]3OC4(CCCC4)O[C@H]3[C@@H]2OP1Cl.CC(C)NC[C@@H]1O[C@H]2OC3(CCCC3)O[C@H]2[C@@H]1O. The first-order chi connectivity index (χ1) is 18.2. The molecule has 7 aliphatic rings. The Hall–Kier alpha value is 0.320. The van der Waals surface area contributed by atoms with E-state index >= 15 is 0 Å². The normalized spacial score (nSPS) is 44.7. The predicted molar refractivity (Wildman–Crippen MR) is 140 cm³/mol. The van der Waals surface area contributed by atoms with Crippen LogP contribution in [-0.2, 0) is 32.9 Å². The Bertz CT molecular complexity index is 829. The van der Waals surface area contributed by atoms with E-state index in [0.29, 0.717) is 18.6 Å². The molecular formula is C26H44ClN2O8P. The Kier molecular flexibility index (Phi) is 8.38. The molecule has 218 valence electrons. The smallest absolute Gasteiger partial charge is 0.207 e. The highest BCUT2D eigenvalue weighted by Gasteiger charge is 2.61. The molecule has 7 fully saturated rings. The number of rotatable bonds is 4. The van der Waals surface area contributed by atoms with Gasteiger partial charge in [-0.05, 0) is 50.8 Å². The van der Waals surface area contributed by atoms with Crippen molar-refractivity contribution in [2.45, 2.75) is 152 Å². The topological polar surface area (TPSA) is 100 Å². The summed E-state index contributed by atoms with van der Waals surface area (Å²) in [6.07, 6.45) is 6.35. The number of aliphatic hydroxyl groups is 1. The largest absolute Gasteiger partial charge is 0.387 e. The summed E-state index contributed by atoms with van der Waals surface area (Å²) in [5.41, 5.74) is 0. The van der Waals surface area contributed by atoms with Gasteiger partial charge in [-0.15, -0.1) is 0 Å². The number of hydrogen-bond acceptors (Lipinski definition) is 10. The van der Waals surface area contributed by atoms with Gasteiger partial charge in [0.2, 0.25) is 7.65 Å². The number of hydrogen-bond donors (Lipinski definition) is 2. The van der Waals surface area contributed by atoms with Crippen molar-refractivity contribution < 1.29 is 38.1 Å². The van der Waals surface area contributed by atoms with E-state index in [2.05, 4.69) is 37.7 Å². The highest BCUT2D eigenvalue weighted by atomic mass is 35.7. The molecule has 7 rings (SSSR count). The molecule has 2 spiro atoms. The van der Waals surface area contributed by atoms with Gasteiger partial charge in [0.25, 0.3) is 0 Å². The van der Waals surface area contributed by atoms with E-state index in [1.165, 1.54) is 0 Å². The molecule has 5 saturated heterocycles. The van der Waals surface area contributed by atoms with Gasteiger partial charge in [-0.2, -0.15) is 0 Å². The Labute approximate surface area is 231 Å². The molecule has 0 amide bonds. The maximum atomic E-state index is 10.2. The Morgan fingerprint density at radius 1 is 0.868 bits per heavy atom. The average molecular weight is 579 g/mol. The first-order valence-electron chi connectivity index (χ1n) is 14.5. The Morgan fingerprint density at radius 3 is 2.00 bits per heavy atom. The van der Waals surface area contributed by atoms with Crippen LogP contribution in [0.3, 0.4) is 0 Å². The van der Waals surface area contributed by atoms with Crippen molar-refractivity contribution in [1.82, 2.24) is 9.99 Å². The van der Waals surface area contributed by atoms with Crippen LogP contribution in [-0.4, -0.2) is 95.7 Å². The molecular weight excluding hydrogens is 535 g/mol. The Morgan fingerprint density at radius 2 is 1.45 bits per heavy atom. The first-order valence-corrected chi connectivity index (χ1v) is 16.6. The summed E-state index contributed by atoms with van der Waals surface area (Å²) in [5.74, 6) is -0.874. The van der Waals surface area contributed by atoms with E-state index in [4.69, 9.17) is 44.2 Å². The number of nitrogens with one attached hydrogen (secondary N) is 1. The molecule has 0 aromatic carbocycles. The van der Waals surface area contributed by atoms with Crippen molar-refractivity contribution in [3.05, 3.63) is 0 Å². The first kappa shape index (κ1) is 28.4. The van der Waals surface area contributed by atoms with Gasteiger partial charge in [0, 0.05) is 50.9 Å². The van der Waals surface area contributed by atoms with E-state index in [9.17, 15) is 5.11 Å². The van der Waals surface area contributed by atoms with Crippen molar-refractivity contribution in [3.63, 3.8) is 0 Å². The van der Waals surface area contributed by atoms with Crippen molar-refractivity contribution in [2.24, 2.45) is 0 Å². The maximum absolute atomic E-state index is 10.2. The zero-order valence-electron chi connectivity index (χ0n) is 22.9. The van der Waals surface area contributed by atoms with Gasteiger partial charge in [-0.3, -0.25) is 0 Å². The number of aliphatic hydroxyl groups excluding tert-OH is 1. The molecule has 0 aromatic heterocycles. The van der Waals surface area contributed by atoms with Crippen LogP contribution in [0.15, 0.2) is 0 Å². The number of ether oxygens (including phenoxy) is 6. The third kappa shape index (κ3) is 5.43.